The van der Waals surface area contributed by atoms with Gasteiger partial charge in [0.15, 0.2) is 11.4 Å². The van der Waals surface area contributed by atoms with Gasteiger partial charge in [-0.2, -0.15) is 0 Å². The minimum absolute atomic E-state index is 0.0112. The summed E-state index contributed by atoms with van der Waals surface area (Å²) in [4.78, 5) is 38.9. The number of ketones is 2. The first-order chi connectivity index (χ1) is 11.8. The number of phenols is 1. The van der Waals surface area contributed by atoms with E-state index < -0.39 is 16.6 Å². The monoisotopic (exact) mass is 338 g/mol. The van der Waals surface area contributed by atoms with Gasteiger partial charge in [0.1, 0.15) is 12.0 Å². The Bertz CT molecular complexity index is 915. The van der Waals surface area contributed by atoms with Gasteiger partial charge in [0.05, 0.1) is 11.0 Å². The molecule has 2 aliphatic heterocycles. The number of benzene rings is 1. The molecule has 5 aliphatic rings. The average Bonchev–Trinajstić information content (AvgIpc) is 2.89. The molecule has 1 saturated heterocycles. The highest BCUT2D eigenvalue weighted by Gasteiger charge is 2.76. The van der Waals surface area contributed by atoms with Gasteiger partial charge < -0.3 is 14.6 Å². The summed E-state index contributed by atoms with van der Waals surface area (Å²) in [5, 5.41) is 9.73. The SMILES string of the molecule is C[C@]12CC[C@@H]3[C@H]1C=C1C(=O)c4cc(O)ccc4C(=O)C1(O2)[C@]3(C)C=O. The minimum Gasteiger partial charge on any atom is -0.508 e. The Morgan fingerprint density at radius 2 is 2.00 bits per heavy atom. The number of ether oxygens (including phenoxy) is 1. The molecular formula is C20H18O5. The molecule has 2 fully saturated rings. The van der Waals surface area contributed by atoms with Gasteiger partial charge in [-0.1, -0.05) is 6.08 Å². The minimum atomic E-state index is -1.56. The van der Waals surface area contributed by atoms with E-state index >= 15 is 0 Å². The molecule has 128 valence electrons. The Hall–Kier alpha value is -2.27. The molecule has 0 radical (unpaired) electrons. The summed E-state index contributed by atoms with van der Waals surface area (Å²) in [6.07, 6.45) is 4.26. The number of Topliss-reactive ketones (excluding diaryl/α,β-unsaturated/α-hetero) is 2. The summed E-state index contributed by atoms with van der Waals surface area (Å²) in [5.41, 5.74) is -2.48. The zero-order valence-electron chi connectivity index (χ0n) is 14.0. The van der Waals surface area contributed by atoms with E-state index in [1.54, 1.807) is 6.92 Å². The molecule has 1 N–H and O–H groups in total. The number of rotatable bonds is 1. The number of phenolic OH excluding ortho intramolecular Hbond substituents is 1. The Balaban J connectivity index is 1.87. The van der Waals surface area contributed by atoms with E-state index in [-0.39, 0.29) is 45.9 Å². The van der Waals surface area contributed by atoms with E-state index in [0.29, 0.717) is 0 Å². The van der Waals surface area contributed by atoms with Crippen LogP contribution in [0.2, 0.25) is 0 Å². The molecule has 0 aromatic heterocycles. The molecule has 5 heteroatoms. The standard InChI is InChI=1S/C20H18O5/c1-18(9-21)13-5-6-19(2)14(13)8-15-16(23)12-7-10(22)3-4-11(12)17(24)20(15,18)25-19/h3-4,7-9,13-14,22H,5-6H2,1-2H3/t13-,14-,18-,19+,20?/m1/s1. The number of hydrogen-bond acceptors (Lipinski definition) is 5. The Morgan fingerprint density at radius 3 is 2.72 bits per heavy atom. The second-order valence-corrected chi connectivity index (χ2v) is 8.14. The zero-order valence-corrected chi connectivity index (χ0v) is 14.0. The lowest BCUT2D eigenvalue weighted by Crippen LogP contribution is -2.72. The highest BCUT2D eigenvalue weighted by molar-refractivity contribution is 6.28. The van der Waals surface area contributed by atoms with Crippen LogP contribution in [0.1, 0.15) is 47.4 Å². The van der Waals surface area contributed by atoms with Crippen LogP contribution in [0, 0.1) is 17.3 Å². The fraction of sp³-hybridized carbons (Fsp3) is 0.450. The molecule has 5 nitrogen and oxygen atoms in total. The third-order valence-corrected chi connectivity index (χ3v) is 7.03. The average molecular weight is 338 g/mol. The van der Waals surface area contributed by atoms with Gasteiger partial charge in [-0.15, -0.1) is 0 Å². The molecule has 1 aromatic carbocycles. The molecule has 5 atom stereocenters. The normalized spacial score (nSPS) is 43.5. The first kappa shape index (κ1) is 15.0. The molecule has 1 saturated carbocycles. The van der Waals surface area contributed by atoms with Crippen LogP contribution >= 0.6 is 0 Å². The summed E-state index contributed by atoms with van der Waals surface area (Å²) < 4.78 is 6.40. The third kappa shape index (κ3) is 1.36. The fourth-order valence-electron chi connectivity index (χ4n) is 5.73. The highest BCUT2D eigenvalue weighted by Crippen LogP contribution is 2.68. The second kappa shape index (κ2) is 4.10. The molecule has 6 rings (SSSR count). The van der Waals surface area contributed by atoms with Crippen LogP contribution in [0.5, 0.6) is 5.75 Å². The van der Waals surface area contributed by atoms with Gasteiger partial charge in [-0.05, 0) is 50.8 Å². The summed E-state index contributed by atoms with van der Waals surface area (Å²) in [5.74, 6) is -0.813. The Kier molecular flexibility index (Phi) is 2.46. The maximum absolute atomic E-state index is 13.6. The van der Waals surface area contributed by atoms with E-state index in [4.69, 9.17) is 4.74 Å². The summed E-state index contributed by atoms with van der Waals surface area (Å²) in [6.45, 7) is 3.73. The van der Waals surface area contributed by atoms with E-state index in [1.807, 2.05) is 13.0 Å². The molecule has 1 aromatic rings. The van der Waals surface area contributed by atoms with Crippen molar-refractivity contribution in [2.45, 2.75) is 37.9 Å². The van der Waals surface area contributed by atoms with Crippen molar-refractivity contribution in [1.82, 2.24) is 0 Å². The van der Waals surface area contributed by atoms with E-state index in [9.17, 15) is 19.5 Å². The summed E-state index contributed by atoms with van der Waals surface area (Å²) in [7, 11) is 0. The van der Waals surface area contributed by atoms with Gasteiger partial charge in [0, 0.05) is 22.6 Å². The van der Waals surface area contributed by atoms with Crippen molar-refractivity contribution < 1.29 is 24.2 Å². The first-order valence-corrected chi connectivity index (χ1v) is 8.60. The number of aromatic hydroxyl groups is 1. The largest absolute Gasteiger partial charge is 0.508 e. The number of fused-ring (bicyclic) bond motifs is 1. The van der Waals surface area contributed by atoms with E-state index in [0.717, 1.165) is 19.1 Å². The smallest absolute Gasteiger partial charge is 0.201 e. The van der Waals surface area contributed by atoms with Gasteiger partial charge in [-0.25, -0.2) is 0 Å². The molecule has 2 heterocycles. The van der Waals surface area contributed by atoms with Crippen LogP contribution in [0.25, 0.3) is 0 Å². The molecule has 4 bridgehead atoms. The van der Waals surface area contributed by atoms with Crippen LogP contribution in [-0.2, 0) is 9.53 Å². The maximum Gasteiger partial charge on any atom is 0.201 e. The predicted octanol–water partition coefficient (Wildman–Crippen LogP) is 2.47. The molecule has 3 aliphatic carbocycles. The molecule has 1 spiro atoms. The van der Waals surface area contributed by atoms with Crippen LogP contribution in [0.3, 0.4) is 0 Å². The van der Waals surface area contributed by atoms with E-state index in [2.05, 4.69) is 0 Å². The number of carbonyl (C=O) groups is 3. The van der Waals surface area contributed by atoms with Crippen molar-refractivity contribution in [3.05, 3.63) is 41.0 Å². The molecule has 0 amide bonds. The van der Waals surface area contributed by atoms with Crippen molar-refractivity contribution in [2.24, 2.45) is 17.3 Å². The lowest BCUT2D eigenvalue weighted by molar-refractivity contribution is -0.219. The molecular weight excluding hydrogens is 320 g/mol. The van der Waals surface area contributed by atoms with Crippen LogP contribution in [0.4, 0.5) is 0 Å². The lowest BCUT2D eigenvalue weighted by Gasteiger charge is -2.61. The van der Waals surface area contributed by atoms with Crippen molar-refractivity contribution in [1.29, 1.82) is 0 Å². The van der Waals surface area contributed by atoms with Crippen molar-refractivity contribution in [2.75, 3.05) is 0 Å². The van der Waals surface area contributed by atoms with Crippen LogP contribution in [-0.4, -0.2) is 34.2 Å². The Morgan fingerprint density at radius 1 is 1.24 bits per heavy atom. The summed E-state index contributed by atoms with van der Waals surface area (Å²) in [6, 6.07) is 4.16. The third-order valence-electron chi connectivity index (χ3n) is 7.03. The topological polar surface area (TPSA) is 80.7 Å². The van der Waals surface area contributed by atoms with Crippen LogP contribution < -0.4 is 0 Å². The van der Waals surface area contributed by atoms with Gasteiger partial charge in [0.2, 0.25) is 5.78 Å². The molecule has 25 heavy (non-hydrogen) atoms. The number of carbonyl (C=O) groups excluding carboxylic acids is 3. The molecule has 1 unspecified atom stereocenters. The maximum atomic E-state index is 13.6. The quantitative estimate of drug-likeness (QED) is 0.796. The lowest BCUT2D eigenvalue weighted by atomic mass is 9.49. The van der Waals surface area contributed by atoms with Crippen LogP contribution in [0.15, 0.2) is 29.8 Å². The summed E-state index contributed by atoms with van der Waals surface area (Å²) >= 11 is 0. The van der Waals surface area contributed by atoms with Crippen molar-refractivity contribution in [3.63, 3.8) is 0 Å². The van der Waals surface area contributed by atoms with Crippen molar-refractivity contribution in [3.8, 4) is 5.75 Å². The Labute approximate surface area is 144 Å². The van der Waals surface area contributed by atoms with E-state index in [1.165, 1.54) is 18.2 Å². The van der Waals surface area contributed by atoms with Crippen molar-refractivity contribution >= 4 is 17.9 Å². The van der Waals surface area contributed by atoms with Gasteiger partial charge in [-0.3, -0.25) is 9.59 Å². The number of aldehydes is 1. The van der Waals surface area contributed by atoms with Gasteiger partial charge in [0.25, 0.3) is 0 Å². The zero-order chi connectivity index (χ0) is 17.8. The number of hydrogen-bond donors (Lipinski definition) is 1. The second-order valence-electron chi connectivity index (χ2n) is 8.14. The fourth-order valence-corrected chi connectivity index (χ4v) is 5.73. The predicted molar refractivity (Wildman–Crippen MR) is 87.5 cm³/mol. The highest BCUT2D eigenvalue weighted by atomic mass is 16.5. The van der Waals surface area contributed by atoms with Gasteiger partial charge >= 0.3 is 0 Å². The first-order valence-electron chi connectivity index (χ1n) is 8.60.